The van der Waals surface area contributed by atoms with Gasteiger partial charge < -0.3 is 35.8 Å². The van der Waals surface area contributed by atoms with Crippen LogP contribution in [0.25, 0.3) is 22.2 Å². The molecule has 2 aromatic heterocycles. The normalized spacial score (nSPS) is 18.8. The minimum Gasteiger partial charge on any atom is -0.504 e. The molecule has 2 aromatic carbocycles. The minimum absolute atomic E-state index is 0.0350. The Balaban J connectivity index is 1.40. The van der Waals surface area contributed by atoms with E-state index in [1.165, 1.54) is 19.2 Å². The summed E-state index contributed by atoms with van der Waals surface area (Å²) in [6.07, 6.45) is 1.40. The second-order valence-corrected chi connectivity index (χ2v) is 12.5. The number of ether oxygens (including phenoxy) is 2. The lowest BCUT2D eigenvalue weighted by molar-refractivity contribution is -0.123. The molecular formula is C32H31BrN4O7. The van der Waals surface area contributed by atoms with Crippen molar-refractivity contribution in [2.75, 3.05) is 20.3 Å². The lowest BCUT2D eigenvalue weighted by Gasteiger charge is -2.30. The highest BCUT2D eigenvalue weighted by molar-refractivity contribution is 9.10. The number of primary amides is 1. The first-order valence-electron chi connectivity index (χ1n) is 14.0. The summed E-state index contributed by atoms with van der Waals surface area (Å²) in [6, 6.07) is 11.0. The van der Waals surface area contributed by atoms with Crippen LogP contribution in [0.5, 0.6) is 23.0 Å². The second-order valence-electron chi connectivity index (χ2n) is 11.6. The Bertz CT molecular complexity index is 1860. The van der Waals surface area contributed by atoms with E-state index in [9.17, 15) is 24.9 Å². The number of aromatic nitrogens is 2. The molecule has 1 aliphatic carbocycles. The Kier molecular flexibility index (Phi) is 7.16. The molecule has 2 aliphatic rings. The van der Waals surface area contributed by atoms with Crippen LogP contribution >= 0.6 is 15.9 Å². The summed E-state index contributed by atoms with van der Waals surface area (Å²) < 4.78 is 12.2. The predicted octanol–water partition coefficient (Wildman–Crippen LogP) is 3.95. The number of phenolic OH excluding ortho intramolecular Hbond substituents is 2. The number of hydrogen-bond donors (Lipinski definition) is 5. The molecule has 1 unspecified atom stereocenters. The minimum atomic E-state index is -1.61. The second kappa shape index (κ2) is 10.6. The zero-order valence-electron chi connectivity index (χ0n) is 24.3. The van der Waals surface area contributed by atoms with E-state index in [0.29, 0.717) is 51.9 Å². The molecule has 2 atom stereocenters. The van der Waals surface area contributed by atoms with E-state index in [1.54, 1.807) is 31.2 Å². The first-order chi connectivity index (χ1) is 20.9. The number of nitrogens with two attached hydrogens (primary N) is 1. The molecule has 1 aliphatic heterocycles. The average Bonchev–Trinajstić information content (AvgIpc) is 3.80. The zero-order valence-corrected chi connectivity index (χ0v) is 25.9. The quantitative estimate of drug-likeness (QED) is 0.175. The summed E-state index contributed by atoms with van der Waals surface area (Å²) in [5.74, 6) is -1.22. The predicted molar refractivity (Wildman–Crippen MR) is 165 cm³/mol. The summed E-state index contributed by atoms with van der Waals surface area (Å²) in [5.41, 5.74) is 6.02. The first-order valence-corrected chi connectivity index (χ1v) is 14.8. The third-order valence-electron chi connectivity index (χ3n) is 8.57. The molecule has 2 amide bonds. The molecule has 11 nitrogen and oxygen atoms in total. The van der Waals surface area contributed by atoms with E-state index in [1.807, 2.05) is 13.0 Å². The van der Waals surface area contributed by atoms with Gasteiger partial charge in [0.05, 0.1) is 25.0 Å². The van der Waals surface area contributed by atoms with Crippen LogP contribution in [0.4, 0.5) is 0 Å². The molecule has 6 N–H and O–H groups in total. The van der Waals surface area contributed by atoms with Crippen LogP contribution in [0.2, 0.25) is 0 Å². The molecule has 12 heteroatoms. The smallest absolute Gasteiger partial charge is 0.251 e. The van der Waals surface area contributed by atoms with Gasteiger partial charge in [0.25, 0.3) is 5.91 Å². The third kappa shape index (κ3) is 4.87. The van der Waals surface area contributed by atoms with Crippen LogP contribution in [0.1, 0.15) is 47.1 Å². The molecule has 3 heterocycles. The SMILES string of the molecule is COc1cc(C(=O)NC[C@](O)(c2cc3c(c(-c4ccc(O)c(O)c4)n2)OCC3(C)C(N)=O)C2CC2)cc2cc(Br)c(C)nc12. The fourth-order valence-corrected chi connectivity index (χ4v) is 5.94. The number of halogens is 1. The van der Waals surface area contributed by atoms with Crippen LogP contribution < -0.4 is 20.5 Å². The molecular weight excluding hydrogens is 632 g/mol. The first kappa shape index (κ1) is 29.6. The van der Waals surface area contributed by atoms with Crippen molar-refractivity contribution in [2.45, 2.75) is 37.7 Å². The van der Waals surface area contributed by atoms with Gasteiger partial charge in [-0.1, -0.05) is 0 Å². The Hall–Kier alpha value is -4.42. The van der Waals surface area contributed by atoms with Crippen molar-refractivity contribution in [1.82, 2.24) is 15.3 Å². The van der Waals surface area contributed by atoms with Crippen LogP contribution in [0, 0.1) is 12.8 Å². The van der Waals surface area contributed by atoms with Crippen molar-refractivity contribution in [1.29, 1.82) is 0 Å². The molecule has 6 rings (SSSR count). The van der Waals surface area contributed by atoms with Crippen molar-refractivity contribution in [2.24, 2.45) is 11.7 Å². The van der Waals surface area contributed by atoms with Gasteiger partial charge in [-0.3, -0.25) is 9.59 Å². The number of benzene rings is 2. The van der Waals surface area contributed by atoms with Crippen LogP contribution in [0.3, 0.4) is 0 Å². The number of hydrogen-bond acceptors (Lipinski definition) is 9. The van der Waals surface area contributed by atoms with Gasteiger partial charge in [-0.25, -0.2) is 9.97 Å². The number of rotatable bonds is 8. The van der Waals surface area contributed by atoms with E-state index in [0.717, 1.165) is 10.2 Å². The summed E-state index contributed by atoms with van der Waals surface area (Å²) >= 11 is 3.49. The highest BCUT2D eigenvalue weighted by Gasteiger charge is 2.50. The van der Waals surface area contributed by atoms with Gasteiger partial charge in [0.1, 0.15) is 40.3 Å². The molecule has 1 saturated carbocycles. The van der Waals surface area contributed by atoms with E-state index in [4.69, 9.17) is 20.2 Å². The Morgan fingerprint density at radius 3 is 2.57 bits per heavy atom. The molecule has 1 fully saturated rings. The Morgan fingerprint density at radius 2 is 1.91 bits per heavy atom. The molecule has 228 valence electrons. The highest BCUT2D eigenvalue weighted by Crippen LogP contribution is 2.50. The topological polar surface area (TPSA) is 177 Å². The van der Waals surface area contributed by atoms with Crippen molar-refractivity contribution in [3.8, 4) is 34.3 Å². The molecule has 0 bridgehead atoms. The van der Waals surface area contributed by atoms with Gasteiger partial charge in [-0.2, -0.15) is 0 Å². The maximum atomic E-state index is 13.5. The summed E-state index contributed by atoms with van der Waals surface area (Å²) in [7, 11) is 1.51. The summed E-state index contributed by atoms with van der Waals surface area (Å²) in [4.78, 5) is 35.5. The summed E-state index contributed by atoms with van der Waals surface area (Å²) in [6.45, 7) is 3.31. The number of pyridine rings is 2. The molecule has 4 aromatic rings. The zero-order chi connectivity index (χ0) is 31.6. The van der Waals surface area contributed by atoms with Crippen molar-refractivity contribution >= 4 is 38.6 Å². The maximum Gasteiger partial charge on any atom is 0.251 e. The number of aromatic hydroxyl groups is 2. The van der Waals surface area contributed by atoms with Crippen LogP contribution in [-0.4, -0.2) is 57.4 Å². The fraction of sp³-hybridized carbons (Fsp3) is 0.312. The van der Waals surface area contributed by atoms with E-state index in [-0.39, 0.29) is 42.0 Å². The average molecular weight is 664 g/mol. The van der Waals surface area contributed by atoms with Crippen LogP contribution in [0.15, 0.2) is 46.9 Å². The standard InChI is InChI=1S/C32H31BrN4O7/c1-15-21(33)9-17-8-18(11-24(43-3)26(17)36-15)29(40)35-13-32(42,19-5-6-19)25-12-20-28(44-14-31(20,2)30(34)41)27(37-25)16-4-7-22(38)23(39)10-16/h4,7-12,19,38-39,42H,5-6,13-14H2,1-3H3,(H2,34,41)(H,35,40)/t31?,32-/m1/s1. The molecule has 44 heavy (non-hydrogen) atoms. The van der Waals surface area contributed by atoms with Crippen molar-refractivity contribution < 1.29 is 34.4 Å². The molecule has 0 saturated heterocycles. The monoisotopic (exact) mass is 662 g/mol. The number of aliphatic hydroxyl groups is 1. The van der Waals surface area contributed by atoms with Gasteiger partial charge in [-0.05, 0) is 91.0 Å². The van der Waals surface area contributed by atoms with Gasteiger partial charge in [-0.15, -0.1) is 0 Å². The van der Waals surface area contributed by atoms with E-state index < -0.39 is 22.8 Å². The maximum absolute atomic E-state index is 13.5. The van der Waals surface area contributed by atoms with Crippen molar-refractivity contribution in [3.05, 3.63) is 69.5 Å². The highest BCUT2D eigenvalue weighted by atomic mass is 79.9. The number of nitrogens with zero attached hydrogens (tertiary/aromatic N) is 2. The van der Waals surface area contributed by atoms with E-state index >= 15 is 0 Å². The third-order valence-corrected chi connectivity index (χ3v) is 9.38. The number of phenols is 2. The van der Waals surface area contributed by atoms with Gasteiger partial charge in [0.2, 0.25) is 5.91 Å². The number of aryl methyl sites for hydroxylation is 1. The van der Waals surface area contributed by atoms with Crippen LogP contribution in [-0.2, 0) is 15.8 Å². The number of carbonyl (C=O) groups excluding carboxylic acids is 2. The number of methoxy groups -OCH3 is 1. The lowest BCUT2D eigenvalue weighted by Crippen LogP contribution is -2.44. The number of nitrogens with one attached hydrogen (secondary N) is 1. The van der Waals surface area contributed by atoms with Gasteiger partial charge >= 0.3 is 0 Å². The number of carbonyl (C=O) groups is 2. The fourth-order valence-electron chi connectivity index (χ4n) is 5.61. The molecule has 0 radical (unpaired) electrons. The van der Waals surface area contributed by atoms with Gasteiger partial charge in [0, 0.05) is 26.5 Å². The Morgan fingerprint density at radius 1 is 1.16 bits per heavy atom. The van der Waals surface area contributed by atoms with Crippen molar-refractivity contribution in [3.63, 3.8) is 0 Å². The summed E-state index contributed by atoms with van der Waals surface area (Å²) in [5, 5.41) is 35.9. The van der Waals surface area contributed by atoms with E-state index in [2.05, 4.69) is 26.2 Å². The number of amides is 2. The Labute approximate surface area is 261 Å². The number of fused-ring (bicyclic) bond motifs is 2. The van der Waals surface area contributed by atoms with Gasteiger partial charge in [0.15, 0.2) is 11.5 Å². The lowest BCUT2D eigenvalue weighted by atomic mass is 9.81. The largest absolute Gasteiger partial charge is 0.504 e. The molecule has 0 spiro atoms.